The Bertz CT molecular complexity index is 567. The summed E-state index contributed by atoms with van der Waals surface area (Å²) < 4.78 is 2.13. The number of anilines is 1. The second kappa shape index (κ2) is 5.61. The van der Waals surface area contributed by atoms with Crippen LogP contribution in [-0.2, 0) is 6.54 Å². The summed E-state index contributed by atoms with van der Waals surface area (Å²) in [5.74, 6) is 0.618. The Morgan fingerprint density at radius 2 is 1.79 bits per heavy atom. The number of aromatic nitrogens is 2. The normalized spacial score (nSPS) is 11.6. The van der Waals surface area contributed by atoms with Gasteiger partial charge >= 0.3 is 0 Å². The number of hydrogen-bond acceptors (Lipinski definition) is 3. The standard InChI is InChI=1S/C15H24N4/c1-5-18(6-2)7-8-19-14-10-12(4)11(3)9-13(14)17-15(19)16/h9-10H,5-8H2,1-4H3,(H2,16,17). The summed E-state index contributed by atoms with van der Waals surface area (Å²) in [6.07, 6.45) is 0. The van der Waals surface area contributed by atoms with E-state index < -0.39 is 0 Å². The van der Waals surface area contributed by atoms with Gasteiger partial charge in [0.1, 0.15) is 0 Å². The molecule has 0 aliphatic heterocycles. The van der Waals surface area contributed by atoms with Crippen molar-refractivity contribution >= 4 is 17.0 Å². The summed E-state index contributed by atoms with van der Waals surface area (Å²) in [7, 11) is 0. The summed E-state index contributed by atoms with van der Waals surface area (Å²) in [4.78, 5) is 6.86. The molecule has 0 unspecified atom stereocenters. The number of hydrogen-bond donors (Lipinski definition) is 1. The lowest BCUT2D eigenvalue weighted by Gasteiger charge is -2.18. The van der Waals surface area contributed by atoms with Gasteiger partial charge in [0, 0.05) is 13.1 Å². The van der Waals surface area contributed by atoms with Crippen molar-refractivity contribution in [2.24, 2.45) is 0 Å². The molecule has 1 heterocycles. The molecule has 0 amide bonds. The van der Waals surface area contributed by atoms with Gasteiger partial charge < -0.3 is 15.2 Å². The van der Waals surface area contributed by atoms with Gasteiger partial charge in [0.2, 0.25) is 5.95 Å². The Kier molecular flexibility index (Phi) is 4.10. The van der Waals surface area contributed by atoms with E-state index in [-0.39, 0.29) is 0 Å². The van der Waals surface area contributed by atoms with Crippen molar-refractivity contribution in [3.63, 3.8) is 0 Å². The van der Waals surface area contributed by atoms with Gasteiger partial charge in [0.25, 0.3) is 0 Å². The Hall–Kier alpha value is -1.55. The first-order valence-corrected chi connectivity index (χ1v) is 7.02. The van der Waals surface area contributed by atoms with E-state index in [0.717, 1.165) is 37.2 Å². The highest BCUT2D eigenvalue weighted by molar-refractivity contribution is 5.80. The number of benzene rings is 1. The van der Waals surface area contributed by atoms with E-state index >= 15 is 0 Å². The maximum absolute atomic E-state index is 6.06. The number of likely N-dealkylation sites (N-methyl/N-ethyl adjacent to an activating group) is 1. The van der Waals surface area contributed by atoms with E-state index in [1.54, 1.807) is 0 Å². The lowest BCUT2D eigenvalue weighted by atomic mass is 10.1. The summed E-state index contributed by atoms with van der Waals surface area (Å²) in [6, 6.07) is 4.31. The Morgan fingerprint density at radius 1 is 1.16 bits per heavy atom. The number of nitrogen functional groups attached to an aromatic ring is 1. The predicted molar refractivity (Wildman–Crippen MR) is 81.4 cm³/mol. The molecule has 0 radical (unpaired) electrons. The molecule has 0 spiro atoms. The molecular weight excluding hydrogens is 236 g/mol. The van der Waals surface area contributed by atoms with Crippen molar-refractivity contribution in [3.05, 3.63) is 23.3 Å². The van der Waals surface area contributed by atoms with E-state index in [9.17, 15) is 0 Å². The van der Waals surface area contributed by atoms with E-state index in [4.69, 9.17) is 5.73 Å². The zero-order valence-electron chi connectivity index (χ0n) is 12.4. The van der Waals surface area contributed by atoms with Crippen LogP contribution in [0.4, 0.5) is 5.95 Å². The largest absolute Gasteiger partial charge is 0.369 e. The first-order chi connectivity index (χ1) is 9.06. The average molecular weight is 260 g/mol. The Labute approximate surface area is 115 Å². The van der Waals surface area contributed by atoms with Crippen LogP contribution in [0, 0.1) is 13.8 Å². The minimum atomic E-state index is 0.618. The van der Waals surface area contributed by atoms with Crippen LogP contribution in [0.2, 0.25) is 0 Å². The summed E-state index contributed by atoms with van der Waals surface area (Å²) in [5, 5.41) is 0. The molecule has 104 valence electrons. The maximum Gasteiger partial charge on any atom is 0.201 e. The molecule has 4 heteroatoms. The topological polar surface area (TPSA) is 47.1 Å². The molecule has 1 aromatic heterocycles. The molecule has 2 N–H and O–H groups in total. The van der Waals surface area contributed by atoms with Crippen LogP contribution in [0.25, 0.3) is 11.0 Å². The molecule has 19 heavy (non-hydrogen) atoms. The molecule has 0 atom stereocenters. The van der Waals surface area contributed by atoms with E-state index in [0.29, 0.717) is 5.95 Å². The molecular formula is C15H24N4. The van der Waals surface area contributed by atoms with Crippen molar-refractivity contribution in [3.8, 4) is 0 Å². The van der Waals surface area contributed by atoms with Gasteiger partial charge in [-0.25, -0.2) is 4.98 Å². The monoisotopic (exact) mass is 260 g/mol. The number of fused-ring (bicyclic) bond motifs is 1. The minimum Gasteiger partial charge on any atom is -0.369 e. The van der Waals surface area contributed by atoms with Crippen LogP contribution in [0.15, 0.2) is 12.1 Å². The molecule has 0 bridgehead atoms. The Balaban J connectivity index is 2.32. The van der Waals surface area contributed by atoms with Crippen molar-refractivity contribution in [2.75, 3.05) is 25.4 Å². The molecule has 0 saturated heterocycles. The third kappa shape index (κ3) is 2.73. The lowest BCUT2D eigenvalue weighted by Crippen LogP contribution is -2.27. The van der Waals surface area contributed by atoms with Crippen molar-refractivity contribution < 1.29 is 0 Å². The zero-order chi connectivity index (χ0) is 14.0. The van der Waals surface area contributed by atoms with Gasteiger partial charge in [-0.2, -0.15) is 0 Å². The molecule has 0 saturated carbocycles. The predicted octanol–water partition coefficient (Wildman–Crippen LogP) is 2.58. The van der Waals surface area contributed by atoms with Gasteiger partial charge in [-0.3, -0.25) is 0 Å². The summed E-state index contributed by atoms with van der Waals surface area (Å²) in [6.45, 7) is 12.7. The van der Waals surface area contributed by atoms with Crippen LogP contribution in [0.3, 0.4) is 0 Å². The van der Waals surface area contributed by atoms with Crippen molar-refractivity contribution in [1.29, 1.82) is 0 Å². The molecule has 4 nitrogen and oxygen atoms in total. The average Bonchev–Trinajstić information content (AvgIpc) is 2.67. The highest BCUT2D eigenvalue weighted by atomic mass is 15.2. The zero-order valence-corrected chi connectivity index (χ0v) is 12.4. The first kappa shape index (κ1) is 13.9. The second-order valence-electron chi connectivity index (χ2n) is 5.07. The first-order valence-electron chi connectivity index (χ1n) is 7.02. The van der Waals surface area contributed by atoms with E-state index in [1.807, 2.05) is 0 Å². The van der Waals surface area contributed by atoms with Crippen LogP contribution in [0.1, 0.15) is 25.0 Å². The van der Waals surface area contributed by atoms with Crippen LogP contribution in [-0.4, -0.2) is 34.1 Å². The van der Waals surface area contributed by atoms with Gasteiger partial charge in [-0.15, -0.1) is 0 Å². The number of rotatable bonds is 5. The fourth-order valence-electron chi connectivity index (χ4n) is 2.41. The van der Waals surface area contributed by atoms with Gasteiger partial charge in [-0.1, -0.05) is 13.8 Å². The minimum absolute atomic E-state index is 0.618. The van der Waals surface area contributed by atoms with Gasteiger partial charge in [0.15, 0.2) is 0 Å². The second-order valence-corrected chi connectivity index (χ2v) is 5.07. The molecule has 2 aromatic rings. The smallest absolute Gasteiger partial charge is 0.201 e. The number of aryl methyl sites for hydroxylation is 2. The summed E-state index contributed by atoms with van der Waals surface area (Å²) >= 11 is 0. The molecule has 0 aliphatic carbocycles. The highest BCUT2D eigenvalue weighted by Gasteiger charge is 2.10. The quantitative estimate of drug-likeness (QED) is 0.899. The van der Waals surface area contributed by atoms with E-state index in [2.05, 4.69) is 54.3 Å². The van der Waals surface area contributed by atoms with Crippen LogP contribution >= 0.6 is 0 Å². The van der Waals surface area contributed by atoms with Gasteiger partial charge in [-0.05, 0) is 50.2 Å². The Morgan fingerprint density at radius 3 is 2.42 bits per heavy atom. The SMILES string of the molecule is CCN(CC)CCn1c(N)nc2cc(C)c(C)cc21. The van der Waals surface area contributed by atoms with Crippen molar-refractivity contribution in [1.82, 2.24) is 14.5 Å². The van der Waals surface area contributed by atoms with Crippen molar-refractivity contribution in [2.45, 2.75) is 34.2 Å². The molecule has 2 rings (SSSR count). The third-order valence-electron chi connectivity index (χ3n) is 3.93. The lowest BCUT2D eigenvalue weighted by molar-refractivity contribution is 0.292. The fourth-order valence-corrected chi connectivity index (χ4v) is 2.41. The van der Waals surface area contributed by atoms with Crippen LogP contribution in [0.5, 0.6) is 0 Å². The maximum atomic E-state index is 6.06. The molecule has 0 aliphatic rings. The van der Waals surface area contributed by atoms with Gasteiger partial charge in [0.05, 0.1) is 11.0 Å². The number of nitrogens with zero attached hydrogens (tertiary/aromatic N) is 3. The third-order valence-corrected chi connectivity index (χ3v) is 3.93. The van der Waals surface area contributed by atoms with E-state index in [1.165, 1.54) is 11.1 Å². The molecule has 0 fully saturated rings. The fraction of sp³-hybridized carbons (Fsp3) is 0.533. The molecule has 1 aromatic carbocycles. The van der Waals surface area contributed by atoms with Crippen LogP contribution < -0.4 is 5.73 Å². The number of imidazole rings is 1. The summed E-state index contributed by atoms with van der Waals surface area (Å²) in [5.41, 5.74) is 10.8. The highest BCUT2D eigenvalue weighted by Crippen LogP contribution is 2.21. The number of nitrogens with two attached hydrogens (primary N) is 1.